The van der Waals surface area contributed by atoms with Crippen molar-refractivity contribution in [1.82, 2.24) is 4.57 Å². The molecule has 2 heterocycles. The summed E-state index contributed by atoms with van der Waals surface area (Å²) in [5.41, 5.74) is 0.988. The summed E-state index contributed by atoms with van der Waals surface area (Å²) in [5.74, 6) is 1.04. The molecule has 22 heavy (non-hydrogen) atoms. The number of hydrogen-bond donors (Lipinski definition) is 0. The van der Waals surface area contributed by atoms with Gasteiger partial charge in [-0.3, -0.25) is 14.2 Å². The van der Waals surface area contributed by atoms with Gasteiger partial charge in [0.05, 0.1) is 0 Å². The summed E-state index contributed by atoms with van der Waals surface area (Å²) in [6, 6.07) is 3.84. The van der Waals surface area contributed by atoms with Crippen LogP contribution >= 0.6 is 0 Å². The molecule has 2 aliphatic carbocycles. The van der Waals surface area contributed by atoms with E-state index in [1.807, 2.05) is 12.1 Å². The van der Waals surface area contributed by atoms with Crippen LogP contribution in [0.2, 0.25) is 0 Å². The number of nitrogens with zero attached hydrogens (tertiary/aromatic N) is 1. The minimum atomic E-state index is -0.447. The van der Waals surface area contributed by atoms with Crippen molar-refractivity contribution in [2.45, 2.75) is 39.0 Å². The van der Waals surface area contributed by atoms with Gasteiger partial charge in [-0.2, -0.15) is 0 Å². The number of carbonyl (C=O) groups is 2. The van der Waals surface area contributed by atoms with Crippen molar-refractivity contribution in [3.63, 3.8) is 0 Å². The molecule has 0 N–H and O–H groups in total. The Hall–Kier alpha value is -1.64. The number of ketones is 1. The quantitative estimate of drug-likeness (QED) is 0.619. The van der Waals surface area contributed by atoms with E-state index < -0.39 is 5.92 Å². The van der Waals surface area contributed by atoms with Gasteiger partial charge in [-0.1, -0.05) is 31.9 Å². The summed E-state index contributed by atoms with van der Waals surface area (Å²) < 4.78 is 1.67. The average molecular weight is 297 g/mol. The molecule has 3 heteroatoms. The van der Waals surface area contributed by atoms with E-state index in [4.69, 9.17) is 0 Å². The minimum absolute atomic E-state index is 0.0147. The highest BCUT2D eigenvalue weighted by Crippen LogP contribution is 2.44. The maximum atomic E-state index is 13.2. The van der Waals surface area contributed by atoms with E-state index in [0.29, 0.717) is 18.3 Å². The first-order valence-corrected chi connectivity index (χ1v) is 8.59. The topological polar surface area (TPSA) is 39.1 Å². The zero-order chi connectivity index (χ0) is 15.3. The zero-order valence-electron chi connectivity index (χ0n) is 13.1. The lowest BCUT2D eigenvalue weighted by molar-refractivity contribution is -0.129. The van der Waals surface area contributed by atoms with Crippen LogP contribution in [0.4, 0.5) is 0 Å². The Morgan fingerprint density at radius 3 is 2.86 bits per heavy atom. The predicted octanol–water partition coefficient (Wildman–Crippen LogP) is 3.50. The van der Waals surface area contributed by atoms with E-state index in [-0.39, 0.29) is 23.5 Å². The first kappa shape index (κ1) is 14.0. The maximum absolute atomic E-state index is 13.2. The molecule has 4 rings (SSSR count). The predicted molar refractivity (Wildman–Crippen MR) is 84.5 cm³/mol. The van der Waals surface area contributed by atoms with Crippen molar-refractivity contribution in [2.24, 2.45) is 29.6 Å². The van der Waals surface area contributed by atoms with Crippen LogP contribution in [0.15, 0.2) is 30.5 Å². The van der Waals surface area contributed by atoms with E-state index in [2.05, 4.69) is 19.1 Å². The molecule has 5 atom stereocenters. The molecule has 116 valence electrons. The van der Waals surface area contributed by atoms with Gasteiger partial charge in [0, 0.05) is 24.2 Å². The van der Waals surface area contributed by atoms with Gasteiger partial charge in [-0.15, -0.1) is 0 Å². The first-order valence-electron chi connectivity index (χ1n) is 8.59. The molecule has 2 unspecified atom stereocenters. The van der Waals surface area contributed by atoms with Gasteiger partial charge in [0.15, 0.2) is 0 Å². The summed E-state index contributed by atoms with van der Waals surface area (Å²) in [6.07, 6.45) is 11.8. The number of rotatable bonds is 2. The second kappa shape index (κ2) is 5.22. The monoisotopic (exact) mass is 297 g/mol. The van der Waals surface area contributed by atoms with Crippen molar-refractivity contribution in [1.29, 1.82) is 0 Å². The molecule has 0 saturated heterocycles. The minimum Gasteiger partial charge on any atom is -0.298 e. The van der Waals surface area contributed by atoms with E-state index in [1.54, 1.807) is 10.8 Å². The van der Waals surface area contributed by atoms with Crippen LogP contribution in [0.5, 0.6) is 0 Å². The first-order chi connectivity index (χ1) is 10.7. The lowest BCUT2D eigenvalue weighted by Crippen LogP contribution is -2.42. The molecule has 1 aliphatic heterocycles. The molecule has 0 bridgehead atoms. The number of carbonyl (C=O) groups excluding carboxylic acids is 2. The van der Waals surface area contributed by atoms with Crippen LogP contribution < -0.4 is 0 Å². The summed E-state index contributed by atoms with van der Waals surface area (Å²) >= 11 is 0. The van der Waals surface area contributed by atoms with Gasteiger partial charge in [0.2, 0.25) is 5.91 Å². The van der Waals surface area contributed by atoms with E-state index in [1.165, 1.54) is 19.3 Å². The molecule has 1 aromatic heterocycles. The Morgan fingerprint density at radius 2 is 2.05 bits per heavy atom. The zero-order valence-corrected chi connectivity index (χ0v) is 13.1. The summed E-state index contributed by atoms with van der Waals surface area (Å²) in [4.78, 5) is 25.7. The third-order valence-electron chi connectivity index (χ3n) is 6.02. The van der Waals surface area contributed by atoms with E-state index >= 15 is 0 Å². The fourth-order valence-electron chi connectivity index (χ4n) is 4.89. The lowest BCUT2D eigenvalue weighted by Gasteiger charge is -2.41. The van der Waals surface area contributed by atoms with Gasteiger partial charge in [-0.05, 0) is 42.7 Å². The highest BCUT2D eigenvalue weighted by atomic mass is 16.2. The lowest BCUT2D eigenvalue weighted by atomic mass is 9.62. The highest BCUT2D eigenvalue weighted by molar-refractivity contribution is 6.05. The molecular weight excluding hydrogens is 274 g/mol. The summed E-state index contributed by atoms with van der Waals surface area (Å²) in [5, 5.41) is 0. The average Bonchev–Trinajstić information content (AvgIpc) is 3.10. The van der Waals surface area contributed by atoms with Crippen molar-refractivity contribution >= 4 is 11.7 Å². The molecule has 0 radical (unpaired) electrons. The van der Waals surface area contributed by atoms with Gasteiger partial charge >= 0.3 is 0 Å². The Kier molecular flexibility index (Phi) is 3.32. The Morgan fingerprint density at radius 1 is 1.23 bits per heavy atom. The third-order valence-corrected chi connectivity index (χ3v) is 6.02. The number of fused-ring (bicyclic) bond motifs is 2. The molecule has 0 amide bonds. The fourth-order valence-corrected chi connectivity index (χ4v) is 4.89. The van der Waals surface area contributed by atoms with Crippen LogP contribution in [0.25, 0.3) is 0 Å². The standard InChI is InChI=1S/C19H23NO2/c1-12-8-9-13-5-2-3-7-15(13)17(12)18(21)16-11-14-6-4-10-20(14)19(16)22/h4,6,8-10,12-13,15-17H,2-3,5,7,11H2,1H3/t12-,13+,15-,16?,17?/m0/s1. The van der Waals surface area contributed by atoms with Crippen molar-refractivity contribution < 1.29 is 9.59 Å². The number of aromatic nitrogens is 1. The smallest absolute Gasteiger partial charge is 0.241 e. The SMILES string of the molecule is C[C@H]1C=C[C@H]2CCCC[C@@H]2C1C(=O)C1Cc2cccn2C1=O. The maximum Gasteiger partial charge on any atom is 0.241 e. The van der Waals surface area contributed by atoms with Gasteiger partial charge in [-0.25, -0.2) is 0 Å². The highest BCUT2D eigenvalue weighted by Gasteiger charge is 2.45. The molecule has 3 aliphatic rings. The molecule has 3 nitrogen and oxygen atoms in total. The van der Waals surface area contributed by atoms with Crippen LogP contribution in [0.3, 0.4) is 0 Å². The Labute approximate surface area is 131 Å². The van der Waals surface area contributed by atoms with Crippen LogP contribution in [-0.4, -0.2) is 16.3 Å². The summed E-state index contributed by atoms with van der Waals surface area (Å²) in [6.45, 7) is 2.14. The van der Waals surface area contributed by atoms with E-state index in [9.17, 15) is 9.59 Å². The van der Waals surface area contributed by atoms with Crippen molar-refractivity contribution in [3.05, 3.63) is 36.2 Å². The van der Waals surface area contributed by atoms with Crippen LogP contribution in [0, 0.1) is 29.6 Å². The van der Waals surface area contributed by atoms with Gasteiger partial charge in [0.25, 0.3) is 0 Å². The molecule has 1 aromatic rings. The summed E-state index contributed by atoms with van der Waals surface area (Å²) in [7, 11) is 0. The second-order valence-corrected chi connectivity index (χ2v) is 7.25. The van der Waals surface area contributed by atoms with Gasteiger partial charge in [0.1, 0.15) is 11.7 Å². The van der Waals surface area contributed by atoms with Crippen molar-refractivity contribution in [3.8, 4) is 0 Å². The second-order valence-electron chi connectivity index (χ2n) is 7.25. The van der Waals surface area contributed by atoms with Gasteiger partial charge < -0.3 is 0 Å². The molecule has 0 spiro atoms. The van der Waals surface area contributed by atoms with Crippen molar-refractivity contribution in [2.75, 3.05) is 0 Å². The van der Waals surface area contributed by atoms with Crippen LogP contribution in [-0.2, 0) is 11.2 Å². The third kappa shape index (κ3) is 2.02. The number of hydrogen-bond acceptors (Lipinski definition) is 2. The fraction of sp³-hybridized carbons (Fsp3) is 0.579. The molecular formula is C19H23NO2. The Balaban J connectivity index is 1.61. The molecule has 1 saturated carbocycles. The number of allylic oxidation sites excluding steroid dienone is 2. The molecule has 0 aromatic carbocycles. The number of Topliss-reactive ketones (excluding diaryl/α,β-unsaturated/α-hetero) is 1. The normalized spacial score (nSPS) is 37.0. The molecule has 1 fully saturated rings. The largest absolute Gasteiger partial charge is 0.298 e. The Bertz CT molecular complexity index is 642. The van der Waals surface area contributed by atoms with Crippen LogP contribution in [0.1, 0.15) is 43.1 Å². The van der Waals surface area contributed by atoms with E-state index in [0.717, 1.165) is 12.1 Å².